The summed E-state index contributed by atoms with van der Waals surface area (Å²) in [4.78, 5) is 0. The Morgan fingerprint density at radius 2 is 1.00 bits per heavy atom. The molecule has 1 rings (SSSR count). The third-order valence-electron chi connectivity index (χ3n) is 5.75. The highest BCUT2D eigenvalue weighted by molar-refractivity contribution is 5.45. The lowest BCUT2D eigenvalue weighted by atomic mass is 9.88. The van der Waals surface area contributed by atoms with Gasteiger partial charge in [0.1, 0.15) is 0 Å². The van der Waals surface area contributed by atoms with E-state index in [0.717, 1.165) is 77.0 Å². The van der Waals surface area contributed by atoms with Crippen LogP contribution in [0.5, 0.6) is 0 Å². The Balaban J connectivity index is 2.93. The number of unbranched alkanes of at least 4 members (excludes halogenated alkanes) is 10. The molecule has 0 bridgehead atoms. The number of aliphatic hydroxyl groups excluding tert-OH is 2. The van der Waals surface area contributed by atoms with Crippen molar-refractivity contribution >= 4 is 0 Å². The van der Waals surface area contributed by atoms with Crippen molar-refractivity contribution in [3.63, 3.8) is 0 Å². The van der Waals surface area contributed by atoms with Gasteiger partial charge in [-0.2, -0.15) is 0 Å². The summed E-state index contributed by atoms with van der Waals surface area (Å²) in [6.07, 6.45) is 22.3. The molecule has 0 atom stereocenters. The number of rotatable bonds is 20. The first-order valence-electron chi connectivity index (χ1n) is 12.4. The van der Waals surface area contributed by atoms with Crippen molar-refractivity contribution in [2.24, 2.45) is 0 Å². The molecule has 0 unspecified atom stereocenters. The minimum absolute atomic E-state index is 0.292. The van der Waals surface area contributed by atoms with Crippen LogP contribution in [0.2, 0.25) is 0 Å². The monoisotopic (exact) mass is 414 g/mol. The molecule has 170 valence electrons. The van der Waals surface area contributed by atoms with E-state index in [1.807, 2.05) is 0 Å². The zero-order valence-electron chi connectivity index (χ0n) is 19.3. The Kier molecular flexibility index (Phi) is 17.1. The van der Waals surface area contributed by atoms with Gasteiger partial charge in [-0.25, -0.2) is 0 Å². The van der Waals surface area contributed by atoms with Gasteiger partial charge in [0.05, 0.1) is 0 Å². The van der Waals surface area contributed by atoms with Gasteiger partial charge < -0.3 is 10.2 Å². The molecule has 0 saturated carbocycles. The Hall–Kier alpha value is -0.860. The van der Waals surface area contributed by atoms with Crippen molar-refractivity contribution in [1.82, 2.24) is 0 Å². The first-order chi connectivity index (χ1) is 14.8. The smallest absolute Gasteiger partial charge is 0.0431 e. The molecule has 0 fully saturated rings. The largest absolute Gasteiger partial charge is 0.396 e. The Labute approximate surface area is 187 Å². The van der Waals surface area contributed by atoms with Crippen molar-refractivity contribution in [2.45, 2.75) is 103 Å². The first kappa shape index (κ1) is 27.2. The summed E-state index contributed by atoms with van der Waals surface area (Å²) in [7, 11) is 0. The van der Waals surface area contributed by atoms with Crippen LogP contribution in [0.25, 0.3) is 0 Å². The molecule has 4 radical (unpaired) electrons. The third-order valence-corrected chi connectivity index (χ3v) is 5.75. The predicted molar refractivity (Wildman–Crippen MR) is 130 cm³/mol. The summed E-state index contributed by atoms with van der Waals surface area (Å²) in [5.41, 5.74) is 5.75. The summed E-state index contributed by atoms with van der Waals surface area (Å²) < 4.78 is 0. The van der Waals surface area contributed by atoms with Crippen LogP contribution in [-0.2, 0) is 12.8 Å². The van der Waals surface area contributed by atoms with Crippen LogP contribution in [0.15, 0.2) is 12.1 Å². The molecule has 0 amide bonds. The molecular weight excluding hydrogens is 368 g/mol. The van der Waals surface area contributed by atoms with Gasteiger partial charge >= 0.3 is 0 Å². The van der Waals surface area contributed by atoms with Crippen LogP contribution in [0.1, 0.15) is 112 Å². The number of hydrogen-bond acceptors (Lipinski definition) is 2. The summed E-state index contributed by atoms with van der Waals surface area (Å²) >= 11 is 0. The molecule has 0 aliphatic heterocycles. The van der Waals surface area contributed by atoms with Gasteiger partial charge in [-0.05, 0) is 86.5 Å². The Morgan fingerprint density at radius 1 is 0.567 bits per heavy atom. The molecule has 2 N–H and O–H groups in total. The average Bonchev–Trinajstić information content (AvgIpc) is 2.76. The molecule has 0 saturated heterocycles. The van der Waals surface area contributed by atoms with E-state index in [4.69, 9.17) is 10.2 Å². The number of aliphatic hydroxyl groups is 2. The maximum absolute atomic E-state index is 9.09. The van der Waals surface area contributed by atoms with E-state index >= 15 is 0 Å². The van der Waals surface area contributed by atoms with Crippen molar-refractivity contribution in [2.75, 3.05) is 13.2 Å². The van der Waals surface area contributed by atoms with Crippen LogP contribution >= 0.6 is 0 Å². The fourth-order valence-corrected chi connectivity index (χ4v) is 3.91. The van der Waals surface area contributed by atoms with Gasteiger partial charge in [0.25, 0.3) is 0 Å². The van der Waals surface area contributed by atoms with Crippen molar-refractivity contribution in [3.8, 4) is 0 Å². The molecular formula is C28H46O2. The van der Waals surface area contributed by atoms with E-state index in [9.17, 15) is 0 Å². The van der Waals surface area contributed by atoms with Crippen molar-refractivity contribution in [1.29, 1.82) is 0 Å². The fourth-order valence-electron chi connectivity index (χ4n) is 3.91. The number of aryl methyl sites for hydroxylation is 2. The van der Waals surface area contributed by atoms with Gasteiger partial charge in [0.2, 0.25) is 0 Å². The fraction of sp³-hybridized carbons (Fsp3) is 0.643. The lowest BCUT2D eigenvalue weighted by molar-refractivity contribution is 0.282. The summed E-state index contributed by atoms with van der Waals surface area (Å²) in [5, 5.41) is 18.2. The van der Waals surface area contributed by atoms with Crippen LogP contribution in [0, 0.1) is 26.7 Å². The van der Waals surface area contributed by atoms with Gasteiger partial charge in [-0.1, -0.05) is 77.3 Å². The van der Waals surface area contributed by atoms with Gasteiger partial charge in [-0.15, -0.1) is 0 Å². The van der Waals surface area contributed by atoms with E-state index in [1.54, 1.807) is 0 Å². The molecule has 30 heavy (non-hydrogen) atoms. The van der Waals surface area contributed by atoms with Gasteiger partial charge in [0, 0.05) is 13.2 Å². The van der Waals surface area contributed by atoms with E-state index < -0.39 is 0 Å². The molecule has 1 aromatic carbocycles. The maximum atomic E-state index is 9.09. The lowest BCUT2D eigenvalue weighted by Crippen LogP contribution is -2.02. The normalized spacial score (nSPS) is 11.3. The second-order valence-corrected chi connectivity index (χ2v) is 8.43. The Bertz CT molecular complexity index is 433. The second-order valence-electron chi connectivity index (χ2n) is 8.43. The van der Waals surface area contributed by atoms with E-state index in [1.165, 1.54) is 47.9 Å². The zero-order chi connectivity index (χ0) is 21.9. The Morgan fingerprint density at radius 3 is 1.37 bits per heavy atom. The highest BCUT2D eigenvalue weighted by Crippen LogP contribution is 2.26. The minimum Gasteiger partial charge on any atom is -0.396 e. The number of benzene rings is 1. The van der Waals surface area contributed by atoms with Crippen LogP contribution in [0.4, 0.5) is 0 Å². The van der Waals surface area contributed by atoms with Gasteiger partial charge in [0.15, 0.2) is 0 Å². The van der Waals surface area contributed by atoms with E-state index in [-0.39, 0.29) is 0 Å². The highest BCUT2D eigenvalue weighted by atomic mass is 16.3. The second kappa shape index (κ2) is 18.9. The average molecular weight is 415 g/mol. The molecule has 2 heteroatoms. The van der Waals surface area contributed by atoms with Gasteiger partial charge in [-0.3, -0.25) is 0 Å². The molecule has 0 heterocycles. The van der Waals surface area contributed by atoms with E-state index in [0.29, 0.717) is 13.2 Å². The van der Waals surface area contributed by atoms with Crippen LogP contribution in [-0.4, -0.2) is 23.4 Å². The molecule has 0 spiro atoms. The summed E-state index contributed by atoms with van der Waals surface area (Å²) in [6.45, 7) is 8.51. The van der Waals surface area contributed by atoms with Crippen molar-refractivity contribution < 1.29 is 10.2 Å². The zero-order valence-corrected chi connectivity index (χ0v) is 19.3. The molecule has 0 aromatic heterocycles. The quantitative estimate of drug-likeness (QED) is 0.226. The molecule has 2 nitrogen and oxygen atoms in total. The van der Waals surface area contributed by atoms with Crippen LogP contribution < -0.4 is 0 Å². The number of hydrogen-bond donors (Lipinski definition) is 2. The standard InChI is InChI=1S/C28H46O2/c1-3-5-7-11-17-25-23-27(19-13-9-15-21-29)28(20-14-10-16-22-30)24-26(25)18-12-8-6-4-2/h17-18,23-24,29-30H,1-16,19-22H2. The van der Waals surface area contributed by atoms with E-state index in [2.05, 4.69) is 38.8 Å². The molecule has 0 aliphatic rings. The SMILES string of the molecule is [CH2]CCCC[CH]c1cc(CCCCCO)c(CCCCCO)cc1[CH]CCCC[CH2]. The topological polar surface area (TPSA) is 40.5 Å². The summed E-state index contributed by atoms with van der Waals surface area (Å²) in [5.74, 6) is 0. The van der Waals surface area contributed by atoms with Crippen LogP contribution in [0.3, 0.4) is 0 Å². The highest BCUT2D eigenvalue weighted by Gasteiger charge is 2.11. The van der Waals surface area contributed by atoms with Crippen molar-refractivity contribution in [3.05, 3.63) is 61.1 Å². The lowest BCUT2D eigenvalue weighted by Gasteiger charge is -2.17. The summed E-state index contributed by atoms with van der Waals surface area (Å²) in [6, 6.07) is 4.88. The maximum Gasteiger partial charge on any atom is 0.0431 e. The predicted octanol–water partition coefficient (Wildman–Crippen LogP) is 6.99. The molecule has 0 aliphatic carbocycles. The third kappa shape index (κ3) is 12.1. The minimum atomic E-state index is 0.292. The first-order valence-corrected chi connectivity index (χ1v) is 12.4. The molecule has 1 aromatic rings.